The number of rotatable bonds is 4. The first-order valence-corrected chi connectivity index (χ1v) is 8.04. The summed E-state index contributed by atoms with van der Waals surface area (Å²) in [5, 5.41) is 6.93. The molecule has 0 saturated heterocycles. The van der Waals surface area contributed by atoms with Crippen LogP contribution in [0.25, 0.3) is 21.7 Å². The molecule has 4 heteroatoms. The first kappa shape index (κ1) is 14.5. The van der Waals surface area contributed by atoms with Crippen molar-refractivity contribution in [3.8, 4) is 0 Å². The first-order valence-electron chi connectivity index (χ1n) is 8.04. The maximum absolute atomic E-state index is 11.7. The average molecular weight is 316 g/mol. The minimum atomic E-state index is -0.0918. The zero-order valence-corrected chi connectivity index (χ0v) is 13.2. The van der Waals surface area contributed by atoms with Crippen LogP contribution in [0.3, 0.4) is 0 Å². The molecule has 0 bridgehead atoms. The molecule has 0 aliphatic heterocycles. The Morgan fingerprint density at radius 2 is 1.71 bits per heavy atom. The van der Waals surface area contributed by atoms with Crippen LogP contribution in [0.1, 0.15) is 0 Å². The molecule has 0 fully saturated rings. The second kappa shape index (κ2) is 6.16. The van der Waals surface area contributed by atoms with Gasteiger partial charge in [0.15, 0.2) is 12.7 Å². The van der Waals surface area contributed by atoms with E-state index in [0.717, 1.165) is 6.54 Å². The lowest BCUT2D eigenvalue weighted by molar-refractivity contribution is -0.666. The second-order valence-corrected chi connectivity index (χ2v) is 5.77. The number of pyridine rings is 2. The molecule has 0 radical (unpaired) electrons. The number of nitrogens with zero attached hydrogens (tertiary/aromatic N) is 1. The molecule has 0 amide bonds. The van der Waals surface area contributed by atoms with Gasteiger partial charge in [0.25, 0.3) is 5.56 Å². The lowest BCUT2D eigenvalue weighted by atomic mass is 10.1. The molecular weight excluding hydrogens is 298 g/mol. The number of hydrogen-bond donors (Lipinski definition) is 2. The van der Waals surface area contributed by atoms with E-state index < -0.39 is 0 Å². The smallest absolute Gasteiger partial charge is 0.271 e. The molecule has 4 nitrogen and oxygen atoms in total. The summed E-state index contributed by atoms with van der Waals surface area (Å²) in [6.45, 7) is 1.46. The molecule has 2 N–H and O–H groups in total. The van der Waals surface area contributed by atoms with E-state index in [2.05, 4.69) is 69.6 Å². The number of benzene rings is 2. The molecule has 0 atom stereocenters. The summed E-state index contributed by atoms with van der Waals surface area (Å²) < 4.78 is 2.24. The highest BCUT2D eigenvalue weighted by Crippen LogP contribution is 2.21. The van der Waals surface area contributed by atoms with Crippen molar-refractivity contribution < 1.29 is 4.57 Å². The molecule has 0 unspecified atom stereocenters. The van der Waals surface area contributed by atoms with Crippen LogP contribution in [0.2, 0.25) is 0 Å². The van der Waals surface area contributed by atoms with Crippen molar-refractivity contribution in [2.24, 2.45) is 0 Å². The Kier molecular flexibility index (Phi) is 3.71. The highest BCUT2D eigenvalue weighted by atomic mass is 16.1. The Labute approximate surface area is 139 Å². The van der Waals surface area contributed by atoms with Crippen molar-refractivity contribution in [2.45, 2.75) is 6.54 Å². The number of H-pyrrole nitrogens is 1. The van der Waals surface area contributed by atoms with E-state index in [4.69, 9.17) is 0 Å². The Hall–Kier alpha value is -3.14. The van der Waals surface area contributed by atoms with E-state index in [0.29, 0.717) is 12.2 Å². The van der Waals surface area contributed by atoms with Gasteiger partial charge in [0.1, 0.15) is 5.69 Å². The molecule has 4 aromatic rings. The SMILES string of the molecule is O=c1[nH]cccc1NCC[n+]1cc2ccccc2c2ccccc21. The van der Waals surface area contributed by atoms with E-state index in [-0.39, 0.29) is 5.56 Å². The van der Waals surface area contributed by atoms with E-state index in [1.54, 1.807) is 12.3 Å². The third kappa shape index (κ3) is 2.63. The Balaban J connectivity index is 1.68. The predicted octanol–water partition coefficient (Wildman–Crippen LogP) is 3.08. The summed E-state index contributed by atoms with van der Waals surface area (Å²) in [5.41, 5.74) is 1.70. The van der Waals surface area contributed by atoms with Crippen LogP contribution in [0, 0.1) is 0 Å². The van der Waals surface area contributed by atoms with Crippen molar-refractivity contribution >= 4 is 27.4 Å². The normalized spacial score (nSPS) is 11.0. The van der Waals surface area contributed by atoms with Crippen LogP contribution in [0.15, 0.2) is 77.9 Å². The van der Waals surface area contributed by atoms with Crippen LogP contribution in [0.5, 0.6) is 0 Å². The predicted molar refractivity (Wildman–Crippen MR) is 97.2 cm³/mol. The van der Waals surface area contributed by atoms with Crippen molar-refractivity contribution in [1.29, 1.82) is 0 Å². The Morgan fingerprint density at radius 3 is 2.58 bits per heavy atom. The van der Waals surface area contributed by atoms with Crippen LogP contribution >= 0.6 is 0 Å². The van der Waals surface area contributed by atoms with Crippen molar-refractivity contribution in [1.82, 2.24) is 4.98 Å². The summed E-state index contributed by atoms with van der Waals surface area (Å²) in [4.78, 5) is 14.4. The van der Waals surface area contributed by atoms with E-state index in [1.165, 1.54) is 21.7 Å². The van der Waals surface area contributed by atoms with Gasteiger partial charge in [-0.2, -0.15) is 4.57 Å². The quantitative estimate of drug-likeness (QED) is 0.449. The van der Waals surface area contributed by atoms with Gasteiger partial charge in [-0.1, -0.05) is 30.3 Å². The molecule has 0 saturated carbocycles. The van der Waals surface area contributed by atoms with Gasteiger partial charge in [-0.15, -0.1) is 0 Å². The van der Waals surface area contributed by atoms with E-state index >= 15 is 0 Å². The van der Waals surface area contributed by atoms with Crippen LogP contribution in [-0.4, -0.2) is 11.5 Å². The van der Waals surface area contributed by atoms with E-state index in [9.17, 15) is 4.79 Å². The minimum Gasteiger partial charge on any atom is -0.374 e. The van der Waals surface area contributed by atoms with Crippen LogP contribution < -0.4 is 15.4 Å². The molecule has 4 rings (SSSR count). The summed E-state index contributed by atoms with van der Waals surface area (Å²) in [6.07, 6.45) is 3.81. The molecule has 0 spiro atoms. The molecule has 2 aromatic heterocycles. The molecule has 2 heterocycles. The van der Waals surface area contributed by atoms with Crippen molar-refractivity contribution in [3.63, 3.8) is 0 Å². The largest absolute Gasteiger partial charge is 0.374 e. The molecule has 0 aliphatic rings. The van der Waals surface area contributed by atoms with Gasteiger partial charge >= 0.3 is 0 Å². The summed E-state index contributed by atoms with van der Waals surface area (Å²) in [6, 6.07) is 20.5. The lowest BCUT2D eigenvalue weighted by Gasteiger charge is -2.07. The van der Waals surface area contributed by atoms with E-state index in [1.807, 2.05) is 6.07 Å². The van der Waals surface area contributed by atoms with Crippen molar-refractivity contribution in [3.05, 3.63) is 83.4 Å². The number of nitrogens with one attached hydrogen (secondary N) is 2. The number of para-hydroxylation sites is 1. The monoisotopic (exact) mass is 316 g/mol. The number of hydrogen-bond acceptors (Lipinski definition) is 2. The number of anilines is 1. The van der Waals surface area contributed by atoms with Gasteiger partial charge in [-0.25, -0.2) is 0 Å². The second-order valence-electron chi connectivity index (χ2n) is 5.77. The average Bonchev–Trinajstić information content (AvgIpc) is 2.63. The molecule has 2 aromatic carbocycles. The summed E-state index contributed by atoms with van der Waals surface area (Å²) in [5.74, 6) is 0. The highest BCUT2D eigenvalue weighted by molar-refractivity contribution is 6.03. The van der Waals surface area contributed by atoms with Gasteiger partial charge in [0.05, 0.1) is 11.9 Å². The molecule has 118 valence electrons. The zero-order chi connectivity index (χ0) is 16.4. The Morgan fingerprint density at radius 1 is 0.917 bits per heavy atom. The van der Waals surface area contributed by atoms with Gasteiger partial charge in [0, 0.05) is 23.0 Å². The fraction of sp³-hybridized carbons (Fsp3) is 0.100. The standard InChI is InChI=1S/C20H17N3O/c24-20-18(9-5-11-22-20)21-12-13-23-14-15-6-1-2-7-16(15)17-8-3-4-10-19(17)23/h1-11,14,21H,12-13H2/p+1. The number of aromatic amines is 1. The maximum atomic E-state index is 11.7. The maximum Gasteiger partial charge on any atom is 0.271 e. The highest BCUT2D eigenvalue weighted by Gasteiger charge is 2.12. The fourth-order valence-corrected chi connectivity index (χ4v) is 3.10. The zero-order valence-electron chi connectivity index (χ0n) is 13.2. The number of aromatic nitrogens is 2. The van der Waals surface area contributed by atoms with Gasteiger partial charge in [0.2, 0.25) is 5.52 Å². The van der Waals surface area contributed by atoms with Crippen LogP contribution in [0.4, 0.5) is 5.69 Å². The minimum absolute atomic E-state index is 0.0918. The van der Waals surface area contributed by atoms with Gasteiger partial charge in [-0.05, 0) is 24.3 Å². The van der Waals surface area contributed by atoms with Crippen LogP contribution in [-0.2, 0) is 6.54 Å². The first-order chi connectivity index (χ1) is 11.8. The number of fused-ring (bicyclic) bond motifs is 3. The molecule has 0 aliphatic carbocycles. The fourth-order valence-electron chi connectivity index (χ4n) is 3.10. The van der Waals surface area contributed by atoms with Crippen molar-refractivity contribution in [2.75, 3.05) is 11.9 Å². The topological polar surface area (TPSA) is 48.8 Å². The van der Waals surface area contributed by atoms with Gasteiger partial charge < -0.3 is 10.3 Å². The summed E-state index contributed by atoms with van der Waals surface area (Å²) in [7, 11) is 0. The lowest BCUT2D eigenvalue weighted by Crippen LogP contribution is -2.38. The van der Waals surface area contributed by atoms with Gasteiger partial charge in [-0.3, -0.25) is 4.79 Å². The third-order valence-electron chi connectivity index (χ3n) is 4.25. The molecule has 24 heavy (non-hydrogen) atoms. The Bertz CT molecular complexity index is 1070. The third-order valence-corrected chi connectivity index (χ3v) is 4.25. The summed E-state index contributed by atoms with van der Waals surface area (Å²) >= 11 is 0. The molecular formula is C20H18N3O+.